The molecule has 1 aromatic heterocycles. The number of hydrogen-bond donors (Lipinski definition) is 1. The molecule has 0 aliphatic rings. The van der Waals surface area contributed by atoms with Crippen LogP contribution in [0.15, 0.2) is 6.07 Å². The summed E-state index contributed by atoms with van der Waals surface area (Å²) in [4.78, 5) is 8.75. The minimum atomic E-state index is 0.0812. The van der Waals surface area contributed by atoms with Crippen molar-refractivity contribution < 1.29 is 0 Å². The van der Waals surface area contributed by atoms with Gasteiger partial charge in [-0.3, -0.25) is 0 Å². The Hall–Kier alpha value is -1.12. The molecule has 3 nitrogen and oxygen atoms in total. The van der Waals surface area contributed by atoms with E-state index in [1.807, 2.05) is 13.0 Å². The molecule has 0 radical (unpaired) electrons. The van der Waals surface area contributed by atoms with E-state index in [2.05, 4.69) is 43.0 Å². The number of hydrogen-bond acceptors (Lipinski definition) is 3. The smallest absolute Gasteiger partial charge is 0.129 e. The van der Waals surface area contributed by atoms with Gasteiger partial charge in [0.05, 0.1) is 5.69 Å². The van der Waals surface area contributed by atoms with E-state index in [9.17, 15) is 0 Å². The fourth-order valence-electron chi connectivity index (χ4n) is 1.22. The molecule has 0 atom stereocenters. The van der Waals surface area contributed by atoms with Gasteiger partial charge in [-0.05, 0) is 13.8 Å². The number of rotatable bonds is 2. The summed E-state index contributed by atoms with van der Waals surface area (Å²) in [7, 11) is 0. The summed E-state index contributed by atoms with van der Waals surface area (Å²) < 4.78 is 0. The van der Waals surface area contributed by atoms with Gasteiger partial charge in [-0.15, -0.1) is 0 Å². The highest BCUT2D eigenvalue weighted by molar-refractivity contribution is 5.37. The van der Waals surface area contributed by atoms with E-state index in [1.54, 1.807) is 0 Å². The average Bonchev–Trinajstić information content (AvgIpc) is 2.02. The molecule has 1 rings (SSSR count). The Kier molecular flexibility index (Phi) is 3.09. The number of nitrogens with one attached hydrogen (secondary N) is 1. The zero-order valence-electron chi connectivity index (χ0n) is 9.68. The van der Waals surface area contributed by atoms with Gasteiger partial charge in [-0.1, -0.05) is 20.8 Å². The van der Waals surface area contributed by atoms with Crippen molar-refractivity contribution in [1.29, 1.82) is 0 Å². The van der Waals surface area contributed by atoms with Crippen LogP contribution in [0.1, 0.15) is 39.2 Å². The van der Waals surface area contributed by atoms with Gasteiger partial charge in [0, 0.05) is 18.0 Å². The van der Waals surface area contributed by atoms with E-state index in [0.29, 0.717) is 0 Å². The van der Waals surface area contributed by atoms with Gasteiger partial charge in [0.15, 0.2) is 0 Å². The van der Waals surface area contributed by atoms with Crippen molar-refractivity contribution >= 4 is 5.82 Å². The number of aromatic nitrogens is 2. The summed E-state index contributed by atoms with van der Waals surface area (Å²) in [6, 6.07) is 2.02. The van der Waals surface area contributed by atoms with Crippen molar-refractivity contribution in [3.05, 3.63) is 17.6 Å². The van der Waals surface area contributed by atoms with Crippen molar-refractivity contribution in [2.75, 3.05) is 11.9 Å². The van der Waals surface area contributed by atoms with E-state index < -0.39 is 0 Å². The molecule has 0 spiro atoms. The Balaban J connectivity index is 3.07. The average molecular weight is 193 g/mol. The molecule has 3 heteroatoms. The van der Waals surface area contributed by atoms with Crippen molar-refractivity contribution in [2.45, 2.75) is 40.0 Å². The third-order valence-electron chi connectivity index (χ3n) is 1.96. The molecule has 0 aromatic carbocycles. The predicted molar refractivity (Wildman–Crippen MR) is 59.6 cm³/mol. The van der Waals surface area contributed by atoms with Crippen LogP contribution in [0.25, 0.3) is 0 Å². The highest BCUT2D eigenvalue weighted by Crippen LogP contribution is 2.21. The highest BCUT2D eigenvalue weighted by Gasteiger charge is 2.16. The molecular weight excluding hydrogens is 174 g/mol. The lowest BCUT2D eigenvalue weighted by Crippen LogP contribution is -2.16. The molecule has 0 saturated carbocycles. The fourth-order valence-corrected chi connectivity index (χ4v) is 1.22. The highest BCUT2D eigenvalue weighted by atomic mass is 15.0. The molecule has 1 N–H and O–H groups in total. The first kappa shape index (κ1) is 11.0. The Morgan fingerprint density at radius 3 is 2.43 bits per heavy atom. The van der Waals surface area contributed by atoms with E-state index in [-0.39, 0.29) is 5.41 Å². The molecule has 78 valence electrons. The third kappa shape index (κ3) is 2.69. The van der Waals surface area contributed by atoms with Gasteiger partial charge in [-0.25, -0.2) is 9.97 Å². The summed E-state index contributed by atoms with van der Waals surface area (Å²) in [6.45, 7) is 11.4. The fraction of sp³-hybridized carbons (Fsp3) is 0.636. The number of anilines is 1. The van der Waals surface area contributed by atoms with Gasteiger partial charge < -0.3 is 5.32 Å². The zero-order chi connectivity index (χ0) is 10.8. The van der Waals surface area contributed by atoms with E-state index in [4.69, 9.17) is 0 Å². The summed E-state index contributed by atoms with van der Waals surface area (Å²) in [5, 5.41) is 3.21. The number of nitrogens with zero attached hydrogens (tertiary/aromatic N) is 2. The monoisotopic (exact) mass is 193 g/mol. The summed E-state index contributed by atoms with van der Waals surface area (Å²) in [6.07, 6.45) is 0. The second-order valence-corrected chi connectivity index (χ2v) is 4.47. The maximum Gasteiger partial charge on any atom is 0.129 e. The van der Waals surface area contributed by atoms with Crippen LogP contribution >= 0.6 is 0 Å². The molecular formula is C11H19N3. The SMILES string of the molecule is CCNc1cc(C(C)(C)C)nc(C)n1. The largest absolute Gasteiger partial charge is 0.370 e. The van der Waals surface area contributed by atoms with Crippen LogP contribution in [0.3, 0.4) is 0 Å². The van der Waals surface area contributed by atoms with Crippen LogP contribution in [0.4, 0.5) is 5.82 Å². The summed E-state index contributed by atoms with van der Waals surface area (Å²) in [5.41, 5.74) is 1.17. The molecule has 0 aliphatic heterocycles. The van der Waals surface area contributed by atoms with Crippen LogP contribution in [0.2, 0.25) is 0 Å². The molecule has 1 aromatic rings. The van der Waals surface area contributed by atoms with E-state index >= 15 is 0 Å². The topological polar surface area (TPSA) is 37.8 Å². The molecule has 0 bridgehead atoms. The van der Waals surface area contributed by atoms with Crippen LogP contribution in [0, 0.1) is 6.92 Å². The molecule has 0 aliphatic carbocycles. The first-order valence-electron chi connectivity index (χ1n) is 5.03. The van der Waals surface area contributed by atoms with Crippen LogP contribution in [0.5, 0.6) is 0 Å². The van der Waals surface area contributed by atoms with Crippen LogP contribution in [-0.2, 0) is 5.41 Å². The molecule has 1 heterocycles. The summed E-state index contributed by atoms with van der Waals surface area (Å²) >= 11 is 0. The standard InChI is InChI=1S/C11H19N3/c1-6-12-10-7-9(11(3,4)5)13-8(2)14-10/h7H,6H2,1-5H3,(H,12,13,14). The third-order valence-corrected chi connectivity index (χ3v) is 1.96. The van der Waals surface area contributed by atoms with Gasteiger partial charge in [0.2, 0.25) is 0 Å². The lowest BCUT2D eigenvalue weighted by atomic mass is 9.92. The van der Waals surface area contributed by atoms with E-state index in [1.165, 1.54) is 0 Å². The minimum Gasteiger partial charge on any atom is -0.370 e. The van der Waals surface area contributed by atoms with Crippen LogP contribution in [-0.4, -0.2) is 16.5 Å². The predicted octanol–water partition coefficient (Wildman–Crippen LogP) is 2.51. The van der Waals surface area contributed by atoms with Crippen molar-refractivity contribution in [1.82, 2.24) is 9.97 Å². The van der Waals surface area contributed by atoms with Crippen LogP contribution < -0.4 is 5.32 Å². The lowest BCUT2D eigenvalue weighted by molar-refractivity contribution is 0.564. The maximum atomic E-state index is 4.44. The van der Waals surface area contributed by atoms with Crippen molar-refractivity contribution in [3.63, 3.8) is 0 Å². The lowest BCUT2D eigenvalue weighted by Gasteiger charge is -2.18. The number of aryl methyl sites for hydroxylation is 1. The van der Waals surface area contributed by atoms with Gasteiger partial charge >= 0.3 is 0 Å². The molecule has 0 amide bonds. The Labute approximate surface area is 86.0 Å². The molecule has 14 heavy (non-hydrogen) atoms. The Bertz CT molecular complexity index is 313. The van der Waals surface area contributed by atoms with Gasteiger partial charge in [-0.2, -0.15) is 0 Å². The van der Waals surface area contributed by atoms with Crippen molar-refractivity contribution in [2.24, 2.45) is 0 Å². The second kappa shape index (κ2) is 3.95. The normalized spacial score (nSPS) is 11.5. The molecule has 0 saturated heterocycles. The summed E-state index contributed by atoms with van der Waals surface area (Å²) in [5.74, 6) is 1.75. The minimum absolute atomic E-state index is 0.0812. The molecule has 0 fully saturated rings. The van der Waals surface area contributed by atoms with Gasteiger partial charge in [0.1, 0.15) is 11.6 Å². The first-order chi connectivity index (χ1) is 6.43. The van der Waals surface area contributed by atoms with Crippen molar-refractivity contribution in [3.8, 4) is 0 Å². The van der Waals surface area contributed by atoms with Gasteiger partial charge in [0.25, 0.3) is 0 Å². The Morgan fingerprint density at radius 2 is 1.93 bits per heavy atom. The molecule has 0 unspecified atom stereocenters. The zero-order valence-corrected chi connectivity index (χ0v) is 9.68. The quantitative estimate of drug-likeness (QED) is 0.784. The Morgan fingerprint density at radius 1 is 1.29 bits per heavy atom. The first-order valence-corrected chi connectivity index (χ1v) is 5.03. The second-order valence-electron chi connectivity index (χ2n) is 4.47. The maximum absolute atomic E-state index is 4.44. The van der Waals surface area contributed by atoms with E-state index in [0.717, 1.165) is 23.9 Å².